The van der Waals surface area contributed by atoms with Crippen molar-refractivity contribution in [1.82, 2.24) is 0 Å². The van der Waals surface area contributed by atoms with Crippen LogP contribution in [0.4, 0.5) is 5.69 Å². The average Bonchev–Trinajstić information content (AvgIpc) is 2.94. The Morgan fingerprint density at radius 3 is 2.62 bits per heavy atom. The Balaban J connectivity index is 2.19. The normalized spacial score (nSPS) is 21.4. The molecule has 1 fully saturated rings. The molecule has 1 saturated heterocycles. The van der Waals surface area contributed by atoms with E-state index in [1.165, 1.54) is 0 Å². The zero-order valence-corrected chi connectivity index (χ0v) is 12.9. The lowest BCUT2D eigenvalue weighted by molar-refractivity contribution is -0.156. The number of ether oxygens (including phenoxy) is 1. The van der Waals surface area contributed by atoms with E-state index in [-0.39, 0.29) is 11.9 Å². The van der Waals surface area contributed by atoms with E-state index in [1.54, 1.807) is 0 Å². The topological polar surface area (TPSA) is 53.3 Å². The molecule has 1 atom stereocenters. The fraction of sp³-hybridized carbons (Fsp3) is 0.529. The fourth-order valence-electron chi connectivity index (χ4n) is 2.95. The average molecular weight is 286 g/mol. The van der Waals surface area contributed by atoms with Crippen molar-refractivity contribution in [2.45, 2.75) is 27.2 Å². The summed E-state index contributed by atoms with van der Waals surface area (Å²) in [6.07, 6.45) is 0.809. The van der Waals surface area contributed by atoms with Gasteiger partial charge in [-0.3, -0.25) is 4.79 Å². The van der Waals surface area contributed by atoms with Crippen LogP contribution in [-0.4, -0.2) is 25.7 Å². The summed E-state index contributed by atoms with van der Waals surface area (Å²) in [6, 6.07) is 9.64. The minimum absolute atomic E-state index is 0.0869. The molecule has 0 aliphatic carbocycles. The standard InChI is InChI=1S/C17H22N2O2/c1-4-21-16(20)17(13(2)3)9-10-19(12-17)15-7-5-14(11-18)6-8-15/h5-8,13H,4,9-10,12H2,1-3H3. The molecule has 1 aliphatic rings. The first-order valence-corrected chi connectivity index (χ1v) is 7.46. The van der Waals surface area contributed by atoms with E-state index < -0.39 is 5.41 Å². The van der Waals surface area contributed by atoms with Crippen molar-refractivity contribution in [2.24, 2.45) is 11.3 Å². The van der Waals surface area contributed by atoms with Gasteiger partial charge >= 0.3 is 5.97 Å². The van der Waals surface area contributed by atoms with Crippen LogP contribution in [0.15, 0.2) is 24.3 Å². The summed E-state index contributed by atoms with van der Waals surface area (Å²) in [5.74, 6) is 0.149. The lowest BCUT2D eigenvalue weighted by Gasteiger charge is -2.31. The Morgan fingerprint density at radius 2 is 2.10 bits per heavy atom. The van der Waals surface area contributed by atoms with Crippen LogP contribution >= 0.6 is 0 Å². The van der Waals surface area contributed by atoms with Gasteiger partial charge in [-0.1, -0.05) is 13.8 Å². The van der Waals surface area contributed by atoms with E-state index in [1.807, 2.05) is 31.2 Å². The van der Waals surface area contributed by atoms with Gasteiger partial charge in [0.2, 0.25) is 0 Å². The minimum atomic E-state index is -0.427. The summed E-state index contributed by atoms with van der Waals surface area (Å²) in [7, 11) is 0. The Hall–Kier alpha value is -2.02. The first kappa shape index (κ1) is 15.4. The zero-order chi connectivity index (χ0) is 15.5. The Morgan fingerprint density at radius 1 is 1.43 bits per heavy atom. The summed E-state index contributed by atoms with van der Waals surface area (Å²) in [5.41, 5.74) is 1.28. The van der Waals surface area contributed by atoms with Gasteiger partial charge < -0.3 is 9.64 Å². The molecular weight excluding hydrogens is 264 g/mol. The molecule has 0 saturated carbocycles. The van der Waals surface area contributed by atoms with Crippen LogP contribution in [-0.2, 0) is 9.53 Å². The minimum Gasteiger partial charge on any atom is -0.466 e. The third kappa shape index (κ3) is 2.87. The molecule has 0 bridgehead atoms. The Bertz CT molecular complexity index is 545. The molecule has 1 aromatic rings. The highest BCUT2D eigenvalue weighted by Crippen LogP contribution is 2.40. The molecule has 1 aromatic carbocycles. The third-order valence-corrected chi connectivity index (χ3v) is 4.45. The number of esters is 1. The summed E-state index contributed by atoms with van der Waals surface area (Å²) < 4.78 is 5.30. The second kappa shape index (κ2) is 6.17. The van der Waals surface area contributed by atoms with Crippen molar-refractivity contribution in [3.05, 3.63) is 29.8 Å². The predicted molar refractivity (Wildman–Crippen MR) is 81.9 cm³/mol. The summed E-state index contributed by atoms with van der Waals surface area (Å²) >= 11 is 0. The van der Waals surface area contributed by atoms with Crippen LogP contribution in [0.25, 0.3) is 0 Å². The summed E-state index contributed by atoms with van der Waals surface area (Å²) in [4.78, 5) is 14.6. The van der Waals surface area contributed by atoms with Gasteiger partial charge in [0, 0.05) is 18.8 Å². The van der Waals surface area contributed by atoms with Gasteiger partial charge in [0.1, 0.15) is 0 Å². The van der Waals surface area contributed by atoms with Crippen LogP contribution in [0.1, 0.15) is 32.8 Å². The van der Waals surface area contributed by atoms with Crippen LogP contribution < -0.4 is 4.90 Å². The van der Waals surface area contributed by atoms with Gasteiger partial charge in [0.15, 0.2) is 0 Å². The highest BCUT2D eigenvalue weighted by atomic mass is 16.5. The number of carbonyl (C=O) groups is 1. The smallest absolute Gasteiger partial charge is 0.314 e. The molecule has 0 amide bonds. The number of hydrogen-bond donors (Lipinski definition) is 0. The van der Waals surface area contributed by atoms with Crippen molar-refractivity contribution in [3.8, 4) is 6.07 Å². The van der Waals surface area contributed by atoms with Gasteiger partial charge in [0.05, 0.1) is 23.7 Å². The van der Waals surface area contributed by atoms with E-state index in [0.717, 1.165) is 18.7 Å². The number of hydrogen-bond acceptors (Lipinski definition) is 4. The molecule has 112 valence electrons. The molecule has 21 heavy (non-hydrogen) atoms. The SMILES string of the molecule is CCOC(=O)C1(C(C)C)CCN(c2ccc(C#N)cc2)C1. The fourth-order valence-corrected chi connectivity index (χ4v) is 2.95. The highest BCUT2D eigenvalue weighted by Gasteiger charge is 2.48. The molecule has 0 spiro atoms. The number of anilines is 1. The summed E-state index contributed by atoms with van der Waals surface area (Å²) in [5, 5.41) is 8.86. The van der Waals surface area contributed by atoms with Gasteiger partial charge in [-0.2, -0.15) is 5.26 Å². The monoisotopic (exact) mass is 286 g/mol. The number of carbonyl (C=O) groups excluding carboxylic acids is 1. The molecule has 1 aliphatic heterocycles. The van der Waals surface area contributed by atoms with E-state index >= 15 is 0 Å². The maximum Gasteiger partial charge on any atom is 0.314 e. The highest BCUT2D eigenvalue weighted by molar-refractivity contribution is 5.79. The first-order valence-electron chi connectivity index (χ1n) is 7.46. The number of nitrogens with zero attached hydrogens (tertiary/aromatic N) is 2. The molecule has 1 unspecified atom stereocenters. The molecule has 0 N–H and O–H groups in total. The Kier molecular flexibility index (Phi) is 4.52. The van der Waals surface area contributed by atoms with Gasteiger partial charge in [-0.15, -0.1) is 0 Å². The van der Waals surface area contributed by atoms with E-state index in [4.69, 9.17) is 10.00 Å². The number of nitriles is 1. The number of benzene rings is 1. The van der Waals surface area contributed by atoms with Gasteiger partial charge in [0.25, 0.3) is 0 Å². The first-order chi connectivity index (χ1) is 10.0. The van der Waals surface area contributed by atoms with E-state index in [9.17, 15) is 4.79 Å². The second-order valence-electron chi connectivity index (χ2n) is 5.86. The lowest BCUT2D eigenvalue weighted by Crippen LogP contribution is -2.40. The predicted octanol–water partition coefficient (Wildman–Crippen LogP) is 2.97. The number of rotatable bonds is 4. The molecule has 4 nitrogen and oxygen atoms in total. The molecule has 4 heteroatoms. The summed E-state index contributed by atoms with van der Waals surface area (Å²) in [6.45, 7) is 7.94. The molecular formula is C17H22N2O2. The molecule has 2 rings (SSSR count). The van der Waals surface area contributed by atoms with Crippen LogP contribution in [0.5, 0.6) is 0 Å². The van der Waals surface area contributed by atoms with Crippen molar-refractivity contribution in [1.29, 1.82) is 5.26 Å². The third-order valence-electron chi connectivity index (χ3n) is 4.45. The van der Waals surface area contributed by atoms with Gasteiger partial charge in [-0.05, 0) is 43.5 Å². The van der Waals surface area contributed by atoms with Crippen molar-refractivity contribution in [2.75, 3.05) is 24.6 Å². The Labute approximate surface area is 126 Å². The van der Waals surface area contributed by atoms with Crippen molar-refractivity contribution in [3.63, 3.8) is 0 Å². The van der Waals surface area contributed by atoms with Gasteiger partial charge in [-0.25, -0.2) is 0 Å². The second-order valence-corrected chi connectivity index (χ2v) is 5.86. The van der Waals surface area contributed by atoms with Crippen LogP contribution in [0, 0.1) is 22.7 Å². The molecule has 0 aromatic heterocycles. The van der Waals surface area contributed by atoms with Crippen LogP contribution in [0.2, 0.25) is 0 Å². The van der Waals surface area contributed by atoms with E-state index in [0.29, 0.717) is 18.7 Å². The van der Waals surface area contributed by atoms with E-state index in [2.05, 4.69) is 24.8 Å². The van der Waals surface area contributed by atoms with Crippen LogP contribution in [0.3, 0.4) is 0 Å². The maximum atomic E-state index is 12.4. The largest absolute Gasteiger partial charge is 0.466 e. The molecule has 0 radical (unpaired) electrons. The lowest BCUT2D eigenvalue weighted by atomic mass is 9.76. The maximum absolute atomic E-state index is 12.4. The van der Waals surface area contributed by atoms with Crippen molar-refractivity contribution >= 4 is 11.7 Å². The zero-order valence-electron chi connectivity index (χ0n) is 12.9. The van der Waals surface area contributed by atoms with Crippen molar-refractivity contribution < 1.29 is 9.53 Å². The quantitative estimate of drug-likeness (QED) is 0.798. The molecule has 1 heterocycles.